The summed E-state index contributed by atoms with van der Waals surface area (Å²) in [5.41, 5.74) is -1.13. The molecule has 10 heteroatoms. The number of anilines is 1. The zero-order chi connectivity index (χ0) is 24.3. The average molecular weight is 480 g/mol. The van der Waals surface area contributed by atoms with E-state index in [1.807, 2.05) is 6.07 Å². The Morgan fingerprint density at radius 2 is 1.74 bits per heavy atom. The Balaban J connectivity index is 1.26. The molecule has 0 atom stereocenters. The van der Waals surface area contributed by atoms with Gasteiger partial charge in [0, 0.05) is 77.5 Å². The minimum Gasteiger partial charge on any atom is -0.370 e. The minimum atomic E-state index is -1.86. The number of aromatic nitrogens is 2. The molecule has 4 rings (SSSR count). The van der Waals surface area contributed by atoms with E-state index < -0.39 is 29.0 Å². The van der Waals surface area contributed by atoms with Gasteiger partial charge in [0.05, 0.1) is 6.20 Å². The number of hydrogen-bond acceptors (Lipinski definition) is 5. The van der Waals surface area contributed by atoms with Gasteiger partial charge in [-0.2, -0.15) is 10.2 Å². The number of amides is 1. The fraction of sp³-hybridized carbons (Fsp3) is 0.542. The van der Waals surface area contributed by atoms with E-state index in [4.69, 9.17) is 0 Å². The number of piperidine rings is 2. The summed E-state index contributed by atoms with van der Waals surface area (Å²) < 4.78 is 56.8. The number of carbonyl (C=O) groups is 1. The molecular weight excluding hydrogens is 450 g/mol. The SMILES string of the molecule is CN(CC1CCN(C(=O)C2(F)CCN(Cc3ccnnc3)CC2)CC1)c1c(F)cc(F)cc1F. The molecule has 2 saturated heterocycles. The van der Waals surface area contributed by atoms with Crippen LogP contribution in [0.1, 0.15) is 31.2 Å². The number of rotatable bonds is 6. The highest BCUT2D eigenvalue weighted by Gasteiger charge is 2.44. The molecule has 3 heterocycles. The van der Waals surface area contributed by atoms with Gasteiger partial charge in [-0.25, -0.2) is 17.6 Å². The monoisotopic (exact) mass is 479 g/mol. The van der Waals surface area contributed by atoms with Gasteiger partial charge in [-0.1, -0.05) is 0 Å². The highest BCUT2D eigenvalue weighted by atomic mass is 19.2. The van der Waals surface area contributed by atoms with Crippen molar-refractivity contribution in [1.29, 1.82) is 0 Å². The number of carbonyl (C=O) groups excluding carboxylic acids is 1. The summed E-state index contributed by atoms with van der Waals surface area (Å²) in [7, 11) is 1.56. The lowest BCUT2D eigenvalue weighted by molar-refractivity contribution is -0.149. The molecule has 0 N–H and O–H groups in total. The third kappa shape index (κ3) is 5.48. The Kier molecular flexibility index (Phi) is 7.35. The van der Waals surface area contributed by atoms with Gasteiger partial charge in [0.15, 0.2) is 17.3 Å². The number of likely N-dealkylation sites (tertiary alicyclic amines) is 2. The van der Waals surface area contributed by atoms with Gasteiger partial charge in [0.2, 0.25) is 0 Å². The molecule has 184 valence electrons. The first-order chi connectivity index (χ1) is 16.2. The fourth-order valence-corrected chi connectivity index (χ4v) is 4.93. The molecule has 2 aliphatic rings. The second kappa shape index (κ2) is 10.2. The Labute approximate surface area is 196 Å². The van der Waals surface area contributed by atoms with Crippen molar-refractivity contribution < 1.29 is 22.4 Å². The van der Waals surface area contributed by atoms with Crippen LogP contribution in [0.4, 0.5) is 23.2 Å². The summed E-state index contributed by atoms with van der Waals surface area (Å²) in [6.45, 7) is 2.80. The van der Waals surface area contributed by atoms with Gasteiger partial charge in [-0.3, -0.25) is 9.69 Å². The van der Waals surface area contributed by atoms with Crippen LogP contribution in [0.5, 0.6) is 0 Å². The lowest BCUT2D eigenvalue weighted by atomic mass is 9.89. The molecule has 2 fully saturated rings. The van der Waals surface area contributed by atoms with Gasteiger partial charge in [0.25, 0.3) is 5.91 Å². The van der Waals surface area contributed by atoms with Crippen molar-refractivity contribution in [1.82, 2.24) is 20.0 Å². The molecule has 0 aliphatic carbocycles. The number of benzene rings is 1. The van der Waals surface area contributed by atoms with Crippen molar-refractivity contribution >= 4 is 11.6 Å². The second-order valence-corrected chi connectivity index (χ2v) is 9.33. The summed E-state index contributed by atoms with van der Waals surface area (Å²) in [6.07, 6.45) is 4.82. The predicted octanol–water partition coefficient (Wildman–Crippen LogP) is 3.57. The van der Waals surface area contributed by atoms with Crippen molar-refractivity contribution in [3.05, 3.63) is 53.6 Å². The van der Waals surface area contributed by atoms with Gasteiger partial charge in [0.1, 0.15) is 11.5 Å². The maximum atomic E-state index is 15.6. The van der Waals surface area contributed by atoms with Crippen LogP contribution >= 0.6 is 0 Å². The first-order valence-electron chi connectivity index (χ1n) is 11.6. The minimum absolute atomic E-state index is 0.0873. The van der Waals surface area contributed by atoms with Crippen molar-refractivity contribution in [2.45, 2.75) is 37.9 Å². The molecule has 0 spiro atoms. The van der Waals surface area contributed by atoms with Crippen molar-refractivity contribution in [3.8, 4) is 0 Å². The smallest absolute Gasteiger partial charge is 0.260 e. The van der Waals surface area contributed by atoms with E-state index in [1.165, 1.54) is 4.90 Å². The first-order valence-corrected chi connectivity index (χ1v) is 11.6. The molecule has 0 unspecified atom stereocenters. The van der Waals surface area contributed by atoms with E-state index in [0.717, 1.165) is 5.56 Å². The van der Waals surface area contributed by atoms with Crippen LogP contribution in [-0.4, -0.2) is 71.3 Å². The maximum Gasteiger partial charge on any atom is 0.260 e. The Bertz CT molecular complexity index is 969. The van der Waals surface area contributed by atoms with E-state index >= 15 is 4.39 Å². The Morgan fingerprint density at radius 1 is 1.09 bits per heavy atom. The third-order valence-electron chi connectivity index (χ3n) is 6.88. The lowest BCUT2D eigenvalue weighted by Crippen LogP contribution is -2.54. The summed E-state index contributed by atoms with van der Waals surface area (Å²) >= 11 is 0. The number of nitrogens with zero attached hydrogens (tertiary/aromatic N) is 5. The van der Waals surface area contributed by atoms with E-state index in [9.17, 15) is 18.0 Å². The molecule has 0 saturated carbocycles. The molecule has 2 aliphatic heterocycles. The zero-order valence-electron chi connectivity index (χ0n) is 19.2. The molecule has 1 aromatic heterocycles. The summed E-state index contributed by atoms with van der Waals surface area (Å²) in [4.78, 5) is 18.1. The lowest BCUT2D eigenvalue weighted by Gasteiger charge is -2.41. The van der Waals surface area contributed by atoms with Gasteiger partial charge in [-0.15, -0.1) is 0 Å². The predicted molar refractivity (Wildman–Crippen MR) is 119 cm³/mol. The van der Waals surface area contributed by atoms with Crippen molar-refractivity contribution in [2.75, 3.05) is 44.7 Å². The van der Waals surface area contributed by atoms with Crippen LogP contribution in [0.3, 0.4) is 0 Å². The molecular formula is C24H29F4N5O. The first kappa shape index (κ1) is 24.4. The molecule has 0 radical (unpaired) electrons. The second-order valence-electron chi connectivity index (χ2n) is 9.33. The van der Waals surface area contributed by atoms with Gasteiger partial charge in [-0.05, 0) is 30.4 Å². The Hall–Kier alpha value is -2.75. The number of alkyl halides is 1. The van der Waals surface area contributed by atoms with Crippen molar-refractivity contribution in [3.63, 3.8) is 0 Å². The standard InChI is InChI=1S/C24H29F4N5O/c1-31(22-20(26)12-19(25)13-21(22)27)15-17-3-8-33(9-4-17)23(34)24(28)5-10-32(11-6-24)16-18-2-7-29-30-14-18/h2,7,12-14,17H,3-6,8-11,15-16H2,1H3. The van der Waals surface area contributed by atoms with Crippen LogP contribution in [0.25, 0.3) is 0 Å². The molecule has 2 aromatic rings. The quantitative estimate of drug-likeness (QED) is 0.593. The summed E-state index contributed by atoms with van der Waals surface area (Å²) in [5, 5.41) is 7.61. The van der Waals surface area contributed by atoms with Crippen LogP contribution < -0.4 is 4.90 Å². The molecule has 1 aromatic carbocycles. The van der Waals surface area contributed by atoms with Crippen LogP contribution in [0.15, 0.2) is 30.6 Å². The maximum absolute atomic E-state index is 15.6. The van der Waals surface area contributed by atoms with Crippen LogP contribution in [0.2, 0.25) is 0 Å². The van der Waals surface area contributed by atoms with E-state index in [-0.39, 0.29) is 24.4 Å². The van der Waals surface area contributed by atoms with E-state index in [1.54, 1.807) is 24.3 Å². The molecule has 6 nitrogen and oxygen atoms in total. The number of hydrogen-bond donors (Lipinski definition) is 0. The van der Waals surface area contributed by atoms with Gasteiger partial charge >= 0.3 is 0 Å². The molecule has 0 bridgehead atoms. The normalized spacial score (nSPS) is 19.3. The average Bonchev–Trinajstić information content (AvgIpc) is 2.81. The molecule has 34 heavy (non-hydrogen) atoms. The summed E-state index contributed by atoms with van der Waals surface area (Å²) in [5.74, 6) is -3.22. The van der Waals surface area contributed by atoms with Crippen LogP contribution in [0, 0.1) is 23.4 Å². The number of halogens is 4. The Morgan fingerprint density at radius 3 is 2.32 bits per heavy atom. The summed E-state index contributed by atoms with van der Waals surface area (Å²) in [6, 6.07) is 3.20. The van der Waals surface area contributed by atoms with E-state index in [2.05, 4.69) is 15.1 Å². The van der Waals surface area contributed by atoms with Crippen molar-refractivity contribution in [2.24, 2.45) is 5.92 Å². The highest BCUT2D eigenvalue weighted by Crippen LogP contribution is 2.32. The molecule has 1 amide bonds. The topological polar surface area (TPSA) is 52.6 Å². The zero-order valence-corrected chi connectivity index (χ0v) is 19.2. The van der Waals surface area contributed by atoms with Crippen LogP contribution in [-0.2, 0) is 11.3 Å². The largest absolute Gasteiger partial charge is 0.370 e. The highest BCUT2D eigenvalue weighted by molar-refractivity contribution is 5.85. The van der Waals surface area contributed by atoms with Gasteiger partial charge < -0.3 is 9.80 Å². The van der Waals surface area contributed by atoms with E-state index in [0.29, 0.717) is 64.2 Å². The fourth-order valence-electron chi connectivity index (χ4n) is 4.93. The third-order valence-corrected chi connectivity index (χ3v) is 6.88.